The second kappa shape index (κ2) is 6.28. The number of nitrogens with one attached hydrogen (secondary N) is 1. The van der Waals surface area contributed by atoms with Gasteiger partial charge in [0.25, 0.3) is 0 Å². The molecular weight excluding hydrogens is 214 g/mol. The minimum absolute atomic E-state index is 0.0233. The summed E-state index contributed by atoms with van der Waals surface area (Å²) < 4.78 is 5.68. The lowest BCUT2D eigenvalue weighted by molar-refractivity contribution is -0.124. The third-order valence-corrected chi connectivity index (χ3v) is 2.58. The van der Waals surface area contributed by atoms with Gasteiger partial charge in [0.1, 0.15) is 12.4 Å². The average Bonchev–Trinajstić information content (AvgIpc) is 2.27. The van der Waals surface area contributed by atoms with E-state index in [1.807, 2.05) is 45.9 Å². The predicted octanol–water partition coefficient (Wildman–Crippen LogP) is 2.45. The molecule has 0 bridgehead atoms. The van der Waals surface area contributed by atoms with E-state index in [2.05, 4.69) is 5.32 Å². The fraction of sp³-hybridized carbons (Fsp3) is 0.500. The lowest BCUT2D eigenvalue weighted by Gasteiger charge is -2.13. The summed E-state index contributed by atoms with van der Waals surface area (Å²) in [6.07, 6.45) is 0. The third kappa shape index (κ3) is 4.10. The zero-order valence-electron chi connectivity index (χ0n) is 11.0. The van der Waals surface area contributed by atoms with Crippen LogP contribution >= 0.6 is 0 Å². The standard InChI is InChI=1S/C14H21NO2/c1-10(2)14(16)15-8-9-17-13-11(3)6-5-7-12(13)4/h5-7,10H,8-9H2,1-4H3,(H,15,16). The number of rotatable bonds is 5. The molecule has 0 fully saturated rings. The molecule has 0 saturated carbocycles. The van der Waals surface area contributed by atoms with Crippen LogP contribution < -0.4 is 10.1 Å². The maximum Gasteiger partial charge on any atom is 0.222 e. The van der Waals surface area contributed by atoms with Crippen LogP contribution in [0.1, 0.15) is 25.0 Å². The quantitative estimate of drug-likeness (QED) is 0.796. The number of aryl methyl sites for hydroxylation is 2. The molecular formula is C14H21NO2. The third-order valence-electron chi connectivity index (χ3n) is 2.58. The minimum Gasteiger partial charge on any atom is -0.491 e. The van der Waals surface area contributed by atoms with Gasteiger partial charge in [0.15, 0.2) is 0 Å². The largest absolute Gasteiger partial charge is 0.491 e. The summed E-state index contributed by atoms with van der Waals surface area (Å²) in [5, 5.41) is 2.83. The first-order valence-electron chi connectivity index (χ1n) is 5.99. The van der Waals surface area contributed by atoms with Crippen molar-refractivity contribution >= 4 is 5.91 Å². The van der Waals surface area contributed by atoms with Crippen LogP contribution in [-0.4, -0.2) is 19.1 Å². The van der Waals surface area contributed by atoms with E-state index in [4.69, 9.17) is 4.74 Å². The fourth-order valence-electron chi connectivity index (χ4n) is 1.56. The Bertz CT molecular complexity index is 366. The van der Waals surface area contributed by atoms with Crippen LogP contribution in [0.3, 0.4) is 0 Å². The lowest BCUT2D eigenvalue weighted by atomic mass is 10.1. The van der Waals surface area contributed by atoms with E-state index >= 15 is 0 Å². The Kier molecular flexibility index (Phi) is 5.01. The second-order valence-electron chi connectivity index (χ2n) is 4.52. The maximum absolute atomic E-state index is 11.3. The van der Waals surface area contributed by atoms with Crippen LogP contribution in [0.4, 0.5) is 0 Å². The molecule has 0 heterocycles. The van der Waals surface area contributed by atoms with Crippen molar-refractivity contribution in [2.24, 2.45) is 5.92 Å². The summed E-state index contributed by atoms with van der Waals surface area (Å²) >= 11 is 0. The van der Waals surface area contributed by atoms with Gasteiger partial charge in [0, 0.05) is 5.92 Å². The first-order valence-corrected chi connectivity index (χ1v) is 5.99. The summed E-state index contributed by atoms with van der Waals surface area (Å²) in [5.41, 5.74) is 2.25. The smallest absolute Gasteiger partial charge is 0.222 e. The van der Waals surface area contributed by atoms with Crippen molar-refractivity contribution in [3.63, 3.8) is 0 Å². The van der Waals surface area contributed by atoms with Crippen molar-refractivity contribution in [2.75, 3.05) is 13.2 Å². The molecule has 1 N–H and O–H groups in total. The molecule has 3 heteroatoms. The summed E-state index contributed by atoms with van der Waals surface area (Å²) in [6.45, 7) is 8.85. The van der Waals surface area contributed by atoms with Crippen molar-refractivity contribution in [1.29, 1.82) is 0 Å². The van der Waals surface area contributed by atoms with Crippen molar-refractivity contribution in [3.8, 4) is 5.75 Å². The number of hydrogen-bond donors (Lipinski definition) is 1. The van der Waals surface area contributed by atoms with E-state index in [1.54, 1.807) is 0 Å². The molecule has 0 unspecified atom stereocenters. The summed E-state index contributed by atoms with van der Waals surface area (Å²) in [7, 11) is 0. The molecule has 0 aliphatic heterocycles. The van der Waals surface area contributed by atoms with Gasteiger partial charge in [-0.15, -0.1) is 0 Å². The van der Waals surface area contributed by atoms with Gasteiger partial charge in [-0.2, -0.15) is 0 Å². The molecule has 0 atom stereocenters. The highest BCUT2D eigenvalue weighted by Gasteiger charge is 2.06. The van der Waals surface area contributed by atoms with Gasteiger partial charge in [-0.1, -0.05) is 32.0 Å². The number of ether oxygens (including phenoxy) is 1. The van der Waals surface area contributed by atoms with Crippen molar-refractivity contribution in [1.82, 2.24) is 5.32 Å². The predicted molar refractivity (Wildman–Crippen MR) is 69.3 cm³/mol. The Morgan fingerprint density at radius 3 is 2.41 bits per heavy atom. The van der Waals surface area contributed by atoms with Gasteiger partial charge in [0.05, 0.1) is 6.54 Å². The first-order chi connectivity index (χ1) is 8.02. The maximum atomic E-state index is 11.3. The van der Waals surface area contributed by atoms with E-state index in [-0.39, 0.29) is 11.8 Å². The second-order valence-corrected chi connectivity index (χ2v) is 4.52. The Morgan fingerprint density at radius 1 is 1.29 bits per heavy atom. The molecule has 0 spiro atoms. The van der Waals surface area contributed by atoms with Gasteiger partial charge in [0.2, 0.25) is 5.91 Å². The highest BCUT2D eigenvalue weighted by atomic mass is 16.5. The van der Waals surface area contributed by atoms with Crippen LogP contribution in [0, 0.1) is 19.8 Å². The van der Waals surface area contributed by atoms with Gasteiger partial charge in [-0.25, -0.2) is 0 Å². The van der Waals surface area contributed by atoms with E-state index in [0.717, 1.165) is 16.9 Å². The molecule has 17 heavy (non-hydrogen) atoms. The highest BCUT2D eigenvalue weighted by molar-refractivity contribution is 5.77. The zero-order chi connectivity index (χ0) is 12.8. The SMILES string of the molecule is Cc1cccc(C)c1OCCNC(=O)C(C)C. The monoisotopic (exact) mass is 235 g/mol. The van der Waals surface area contributed by atoms with Crippen LogP contribution in [0.2, 0.25) is 0 Å². The Morgan fingerprint density at radius 2 is 1.88 bits per heavy atom. The molecule has 1 amide bonds. The Hall–Kier alpha value is -1.51. The number of amides is 1. The van der Waals surface area contributed by atoms with Crippen molar-refractivity contribution < 1.29 is 9.53 Å². The molecule has 1 aromatic carbocycles. The fourth-order valence-corrected chi connectivity index (χ4v) is 1.56. The molecule has 1 aromatic rings. The van der Waals surface area contributed by atoms with Crippen LogP contribution in [0.25, 0.3) is 0 Å². The first kappa shape index (κ1) is 13.6. The zero-order valence-corrected chi connectivity index (χ0v) is 11.0. The molecule has 3 nitrogen and oxygen atoms in total. The molecule has 0 radical (unpaired) electrons. The number of benzene rings is 1. The Labute approximate surface area is 103 Å². The molecule has 94 valence electrons. The molecule has 1 rings (SSSR count). The van der Waals surface area contributed by atoms with E-state index < -0.39 is 0 Å². The Balaban J connectivity index is 2.39. The molecule has 0 aliphatic rings. The molecule has 0 aliphatic carbocycles. The number of para-hydroxylation sites is 1. The normalized spacial score (nSPS) is 10.4. The van der Waals surface area contributed by atoms with Crippen LogP contribution in [-0.2, 0) is 4.79 Å². The van der Waals surface area contributed by atoms with Crippen LogP contribution in [0.5, 0.6) is 5.75 Å². The molecule has 0 saturated heterocycles. The number of carbonyl (C=O) groups excluding carboxylic acids is 1. The van der Waals surface area contributed by atoms with Gasteiger partial charge in [-0.3, -0.25) is 4.79 Å². The number of carbonyl (C=O) groups is 1. The molecule has 0 aromatic heterocycles. The summed E-state index contributed by atoms with van der Waals surface area (Å²) in [5.74, 6) is 1.01. The lowest BCUT2D eigenvalue weighted by Crippen LogP contribution is -2.31. The van der Waals surface area contributed by atoms with Crippen LogP contribution in [0.15, 0.2) is 18.2 Å². The number of hydrogen-bond acceptors (Lipinski definition) is 2. The topological polar surface area (TPSA) is 38.3 Å². The van der Waals surface area contributed by atoms with Crippen molar-refractivity contribution in [2.45, 2.75) is 27.7 Å². The van der Waals surface area contributed by atoms with Gasteiger partial charge >= 0.3 is 0 Å². The van der Waals surface area contributed by atoms with Gasteiger partial charge in [-0.05, 0) is 25.0 Å². The minimum atomic E-state index is 0.0233. The summed E-state index contributed by atoms with van der Waals surface area (Å²) in [6, 6.07) is 6.06. The average molecular weight is 235 g/mol. The summed E-state index contributed by atoms with van der Waals surface area (Å²) in [4.78, 5) is 11.3. The van der Waals surface area contributed by atoms with E-state index in [1.165, 1.54) is 0 Å². The van der Waals surface area contributed by atoms with Crippen molar-refractivity contribution in [3.05, 3.63) is 29.3 Å². The van der Waals surface area contributed by atoms with Gasteiger partial charge < -0.3 is 10.1 Å². The van der Waals surface area contributed by atoms with E-state index in [0.29, 0.717) is 13.2 Å². The van der Waals surface area contributed by atoms with E-state index in [9.17, 15) is 4.79 Å². The highest BCUT2D eigenvalue weighted by Crippen LogP contribution is 2.21.